The number of nitrogens with zero attached hydrogens (tertiary/aromatic N) is 4. The van der Waals surface area contributed by atoms with Gasteiger partial charge in [0.25, 0.3) is 0 Å². The second kappa shape index (κ2) is 64.7. The number of benzene rings is 1. The lowest BCUT2D eigenvalue weighted by atomic mass is 10.0. The summed E-state index contributed by atoms with van der Waals surface area (Å²) in [4.78, 5) is 26.6. The highest BCUT2D eigenvalue weighted by Gasteiger charge is 2.01. The summed E-state index contributed by atoms with van der Waals surface area (Å²) < 4.78 is 9.34. The predicted molar refractivity (Wildman–Crippen MR) is 335 cm³/mol. The maximum Gasteiger partial charge on any atom is 0.305 e. The van der Waals surface area contributed by atoms with Crippen LogP contribution in [0.15, 0.2) is 151 Å². The number of ether oxygens (including phenoxy) is 1. The highest BCUT2D eigenvalue weighted by molar-refractivity contribution is 5.69. The van der Waals surface area contributed by atoms with Gasteiger partial charge in [-0.15, -0.1) is 0 Å². The zero-order valence-electron chi connectivity index (χ0n) is 53.5. The van der Waals surface area contributed by atoms with Crippen LogP contribution in [0.5, 0.6) is 0 Å². The molecule has 75 heavy (non-hydrogen) atoms. The molecule has 5 heterocycles. The van der Waals surface area contributed by atoms with Crippen molar-refractivity contribution in [2.45, 2.75) is 229 Å². The highest BCUT2D eigenvalue weighted by atomic mass is 16.5. The van der Waals surface area contributed by atoms with Gasteiger partial charge in [0.1, 0.15) is 0 Å². The molecule has 0 aliphatic heterocycles. The molecule has 1 aromatic carbocycles. The Balaban J connectivity index is -0.000000139. The Bertz CT molecular complexity index is 1690. The van der Waals surface area contributed by atoms with Gasteiger partial charge in [0.2, 0.25) is 0 Å². The Kier molecular flexibility index (Phi) is 72.1. The molecule has 0 aliphatic rings. The largest absolute Gasteiger partial charge is 0.472 e. The van der Waals surface area contributed by atoms with Gasteiger partial charge in [-0.3, -0.25) is 24.7 Å². The fraction of sp³-hybridized carbons (Fsp3) is 0.544. The van der Waals surface area contributed by atoms with Crippen LogP contribution in [0.1, 0.15) is 256 Å². The molecular weight excluding hydrogens is 921 g/mol. The van der Waals surface area contributed by atoms with E-state index in [9.17, 15) is 4.79 Å². The van der Waals surface area contributed by atoms with E-state index in [4.69, 9.17) is 4.42 Å². The molecule has 428 valence electrons. The first-order chi connectivity index (χ1) is 36.0. The van der Waals surface area contributed by atoms with E-state index in [0.717, 1.165) is 24.5 Å². The van der Waals surface area contributed by atoms with Crippen molar-refractivity contribution in [1.29, 1.82) is 0 Å². The molecule has 0 saturated heterocycles. The first kappa shape index (κ1) is 83.6. The molecule has 7 nitrogen and oxygen atoms in total. The van der Waals surface area contributed by atoms with Crippen LogP contribution in [-0.2, 0) is 16.0 Å². The van der Waals surface area contributed by atoms with Crippen molar-refractivity contribution in [1.82, 2.24) is 19.9 Å². The van der Waals surface area contributed by atoms with Crippen molar-refractivity contribution in [2.24, 2.45) is 11.8 Å². The van der Waals surface area contributed by atoms with E-state index in [0.29, 0.717) is 41.9 Å². The van der Waals surface area contributed by atoms with Crippen LogP contribution in [0.3, 0.4) is 0 Å². The van der Waals surface area contributed by atoms with Crippen molar-refractivity contribution >= 4 is 5.97 Å². The number of hydrogen-bond acceptors (Lipinski definition) is 7. The Morgan fingerprint density at radius 3 is 1.16 bits per heavy atom. The first-order valence-corrected chi connectivity index (χ1v) is 28.7. The number of pyridine rings is 4. The van der Waals surface area contributed by atoms with Crippen LogP contribution < -0.4 is 0 Å². The third-order valence-electron chi connectivity index (χ3n) is 9.23. The average Bonchev–Trinajstić information content (AvgIpc) is 4.02. The number of methoxy groups -OCH3 is 1. The predicted octanol–water partition coefficient (Wildman–Crippen LogP) is 21.9. The van der Waals surface area contributed by atoms with Crippen molar-refractivity contribution < 1.29 is 13.9 Å². The number of rotatable bonds is 10. The molecular formula is C68H118N4O3. The zero-order valence-corrected chi connectivity index (χ0v) is 53.5. The van der Waals surface area contributed by atoms with Gasteiger partial charge in [-0.1, -0.05) is 222 Å². The molecule has 6 rings (SSSR count). The quantitative estimate of drug-likeness (QED) is 0.126. The second-order valence-corrected chi connectivity index (χ2v) is 17.5. The highest BCUT2D eigenvalue weighted by Crippen LogP contribution is 2.14. The molecule has 0 saturated carbocycles. The summed E-state index contributed by atoms with van der Waals surface area (Å²) in [5, 5.41) is 0. The molecule has 0 amide bonds. The SMILES string of the molecule is CC.CC.CC.CC.CC.CC.CC(C)Cc1ccncc1.CC(C)c1ccccc1.CC(C)c1ccccn1.CC(C)c1cccnc1.CC(C)c1ccncc1.CC(C)c1ccoc1.COC(=O)CCC(C)C. The second-order valence-electron chi connectivity index (χ2n) is 17.5. The van der Waals surface area contributed by atoms with Crippen molar-refractivity contribution in [3.05, 3.63) is 180 Å². The van der Waals surface area contributed by atoms with Crippen LogP contribution in [0.25, 0.3) is 0 Å². The first-order valence-electron chi connectivity index (χ1n) is 28.7. The number of hydrogen-bond donors (Lipinski definition) is 0. The number of esters is 1. The van der Waals surface area contributed by atoms with Gasteiger partial charge in [-0.2, -0.15) is 0 Å². The lowest BCUT2D eigenvalue weighted by molar-refractivity contribution is -0.140. The van der Waals surface area contributed by atoms with Crippen LogP contribution in [0.2, 0.25) is 0 Å². The minimum Gasteiger partial charge on any atom is -0.472 e. The average molecular weight is 1040 g/mol. The molecule has 7 heteroatoms. The van der Waals surface area contributed by atoms with Gasteiger partial charge < -0.3 is 9.15 Å². The van der Waals surface area contributed by atoms with E-state index >= 15 is 0 Å². The van der Waals surface area contributed by atoms with E-state index in [2.05, 4.69) is 164 Å². The minimum absolute atomic E-state index is 0.108. The Morgan fingerprint density at radius 2 is 0.880 bits per heavy atom. The number of carbonyl (C=O) groups excluding carboxylic acids is 1. The van der Waals surface area contributed by atoms with Crippen LogP contribution >= 0.6 is 0 Å². The molecule has 0 unspecified atom stereocenters. The van der Waals surface area contributed by atoms with E-state index in [1.54, 1.807) is 18.7 Å². The summed E-state index contributed by atoms with van der Waals surface area (Å²) in [7, 11) is 1.42. The van der Waals surface area contributed by atoms with E-state index in [-0.39, 0.29) is 5.97 Å². The summed E-state index contributed by atoms with van der Waals surface area (Å²) in [6.45, 7) is 54.3. The molecule has 0 N–H and O–H groups in total. The number of carbonyl (C=O) groups is 1. The Labute approximate surface area is 466 Å². The molecule has 0 aliphatic carbocycles. The monoisotopic (exact) mass is 1040 g/mol. The van der Waals surface area contributed by atoms with Gasteiger partial charge in [-0.25, -0.2) is 0 Å². The summed E-state index contributed by atoms with van der Waals surface area (Å²) in [5.41, 5.74) is 7.88. The number of aromatic nitrogens is 4. The van der Waals surface area contributed by atoms with Crippen LogP contribution in [0, 0.1) is 11.8 Å². The zero-order chi connectivity index (χ0) is 59.4. The number of furan rings is 1. The summed E-state index contributed by atoms with van der Waals surface area (Å²) in [6, 6.07) is 30.8. The molecule has 5 aromatic heterocycles. The van der Waals surface area contributed by atoms with Gasteiger partial charge in [0.05, 0.1) is 19.6 Å². The summed E-state index contributed by atoms with van der Waals surface area (Å²) >= 11 is 0. The van der Waals surface area contributed by atoms with Crippen LogP contribution in [-0.4, -0.2) is 33.0 Å². The summed E-state index contributed by atoms with van der Waals surface area (Å²) in [5.74, 6) is 4.23. The topological polar surface area (TPSA) is 91.0 Å². The van der Waals surface area contributed by atoms with E-state index in [1.807, 2.05) is 169 Å². The standard InChI is InChI=1S/C9H13N.C9H12.3C8H11N.C7H14O2.C7H10O.6C2H6/c1-8(2)7-9-3-5-10-6-4-9;1-8(2)9-6-4-3-5-7-9;1-7(2)8-3-5-9-6-4-8;1-7(2)8-4-3-5-9-6-8;1-7(2)8-5-3-4-6-9-8;1-6(2)4-5-7(8)9-3;1-6(2)7-3-4-8-5-7;6*1-2/h3-6,8H,7H2,1-2H3;3-8H,1-2H3;3*3-7H,1-2H3;6H,4-5H2,1-3H3;3-6H,1-2H3;6*1-2H3. The van der Waals surface area contributed by atoms with E-state index < -0.39 is 0 Å². The van der Waals surface area contributed by atoms with E-state index in [1.165, 1.54) is 34.9 Å². The fourth-order valence-electron chi connectivity index (χ4n) is 5.12. The normalized spacial score (nSPS) is 8.99. The lowest BCUT2D eigenvalue weighted by Gasteiger charge is -2.02. The minimum atomic E-state index is -0.108. The Morgan fingerprint density at radius 1 is 0.440 bits per heavy atom. The molecule has 0 atom stereocenters. The van der Waals surface area contributed by atoms with Gasteiger partial charge >= 0.3 is 5.97 Å². The maximum absolute atomic E-state index is 10.5. The molecule has 0 fully saturated rings. The summed E-state index contributed by atoms with van der Waals surface area (Å²) in [6.07, 6.45) is 19.0. The van der Waals surface area contributed by atoms with Gasteiger partial charge in [0.15, 0.2) is 0 Å². The van der Waals surface area contributed by atoms with Gasteiger partial charge in [-0.05, 0) is 131 Å². The molecule has 0 radical (unpaired) electrons. The smallest absolute Gasteiger partial charge is 0.305 e. The van der Waals surface area contributed by atoms with Gasteiger partial charge in [0, 0.05) is 55.5 Å². The molecule has 0 spiro atoms. The fourth-order valence-corrected chi connectivity index (χ4v) is 5.12. The third-order valence-corrected chi connectivity index (χ3v) is 9.23. The maximum atomic E-state index is 10.5. The van der Waals surface area contributed by atoms with Crippen LogP contribution in [0.4, 0.5) is 0 Å². The van der Waals surface area contributed by atoms with Crippen molar-refractivity contribution in [3.8, 4) is 0 Å². The molecule has 0 bridgehead atoms. The van der Waals surface area contributed by atoms with Crippen molar-refractivity contribution in [3.63, 3.8) is 0 Å². The van der Waals surface area contributed by atoms with Crippen molar-refractivity contribution in [2.75, 3.05) is 7.11 Å². The Hall–Kier alpha value is -5.43. The lowest BCUT2D eigenvalue weighted by Crippen LogP contribution is -2.01. The third kappa shape index (κ3) is 57.7. The molecule has 6 aromatic rings.